The molecule has 0 saturated carbocycles. The van der Waals surface area contributed by atoms with E-state index in [4.69, 9.17) is 4.74 Å². The third-order valence-corrected chi connectivity index (χ3v) is 3.78. The largest absolute Gasteiger partial charge is 0.373 e. The molecular weight excluding hydrogens is 278 g/mol. The molecule has 1 aliphatic rings. The number of fused-ring (bicyclic) bond motifs is 1. The third-order valence-electron chi connectivity index (χ3n) is 3.78. The molecule has 1 amide bonds. The standard InChI is InChI=1S/C17H21N3O2/c1-12-9-20(10-13(2)22-12)11-17(21)19-16-7-3-6-15-14(16)5-4-8-18-15/h3-8,12-13H,9-11H2,1-2H3,(H,19,21)/t12-,13+. The van der Waals surface area contributed by atoms with Crippen LogP contribution in [0.25, 0.3) is 10.9 Å². The van der Waals surface area contributed by atoms with E-state index in [1.165, 1.54) is 0 Å². The second-order valence-electron chi connectivity index (χ2n) is 5.88. The third kappa shape index (κ3) is 3.43. The summed E-state index contributed by atoms with van der Waals surface area (Å²) in [6.45, 7) is 6.03. The molecule has 116 valence electrons. The van der Waals surface area contributed by atoms with Crippen molar-refractivity contribution in [2.75, 3.05) is 25.0 Å². The summed E-state index contributed by atoms with van der Waals surface area (Å²) in [6, 6.07) is 9.60. The van der Waals surface area contributed by atoms with Crippen molar-refractivity contribution in [1.82, 2.24) is 9.88 Å². The number of pyridine rings is 1. The highest BCUT2D eigenvalue weighted by atomic mass is 16.5. The Labute approximate surface area is 130 Å². The molecule has 1 N–H and O–H groups in total. The summed E-state index contributed by atoms with van der Waals surface area (Å²) < 4.78 is 5.69. The second-order valence-corrected chi connectivity index (χ2v) is 5.88. The topological polar surface area (TPSA) is 54.5 Å². The van der Waals surface area contributed by atoms with Gasteiger partial charge in [-0.15, -0.1) is 0 Å². The average molecular weight is 299 g/mol. The lowest BCUT2D eigenvalue weighted by molar-refractivity contribution is -0.121. The first-order chi connectivity index (χ1) is 10.6. The van der Waals surface area contributed by atoms with Crippen molar-refractivity contribution in [2.45, 2.75) is 26.1 Å². The molecule has 22 heavy (non-hydrogen) atoms. The zero-order valence-corrected chi connectivity index (χ0v) is 13.0. The minimum atomic E-state index is -0.00217. The molecule has 2 heterocycles. The first-order valence-electron chi connectivity index (χ1n) is 7.63. The highest BCUT2D eigenvalue weighted by molar-refractivity contribution is 6.01. The number of amides is 1. The van der Waals surface area contributed by atoms with Crippen molar-refractivity contribution >= 4 is 22.5 Å². The Kier molecular flexibility index (Phi) is 4.36. The first kappa shape index (κ1) is 14.9. The van der Waals surface area contributed by atoms with E-state index >= 15 is 0 Å². The quantitative estimate of drug-likeness (QED) is 0.945. The summed E-state index contributed by atoms with van der Waals surface area (Å²) in [7, 11) is 0. The van der Waals surface area contributed by atoms with Crippen LogP contribution in [-0.2, 0) is 9.53 Å². The molecule has 0 bridgehead atoms. The highest BCUT2D eigenvalue weighted by Gasteiger charge is 2.23. The van der Waals surface area contributed by atoms with Gasteiger partial charge in [-0.2, -0.15) is 0 Å². The van der Waals surface area contributed by atoms with Gasteiger partial charge in [0.15, 0.2) is 0 Å². The number of morpholine rings is 1. The van der Waals surface area contributed by atoms with Crippen molar-refractivity contribution in [3.8, 4) is 0 Å². The zero-order chi connectivity index (χ0) is 15.5. The van der Waals surface area contributed by atoms with Crippen LogP contribution in [0.2, 0.25) is 0 Å². The lowest BCUT2D eigenvalue weighted by Crippen LogP contribution is -2.48. The normalized spacial score (nSPS) is 22.6. The van der Waals surface area contributed by atoms with Crippen LogP contribution in [0.4, 0.5) is 5.69 Å². The molecule has 1 fully saturated rings. The average Bonchev–Trinajstić information content (AvgIpc) is 2.46. The Hall–Kier alpha value is -1.98. The molecule has 3 rings (SSSR count). The summed E-state index contributed by atoms with van der Waals surface area (Å²) in [5.41, 5.74) is 1.69. The van der Waals surface area contributed by atoms with E-state index in [9.17, 15) is 4.79 Å². The number of rotatable bonds is 3. The lowest BCUT2D eigenvalue weighted by Gasteiger charge is -2.34. The maximum absolute atomic E-state index is 12.3. The molecule has 2 atom stereocenters. The Morgan fingerprint density at radius 2 is 2.05 bits per heavy atom. The SMILES string of the molecule is C[C@@H]1CN(CC(=O)Nc2cccc3ncccc23)C[C@H](C)O1. The summed E-state index contributed by atoms with van der Waals surface area (Å²) >= 11 is 0. The van der Waals surface area contributed by atoms with Gasteiger partial charge in [0.05, 0.1) is 30.0 Å². The van der Waals surface area contributed by atoms with E-state index in [2.05, 4.69) is 15.2 Å². The molecule has 0 aliphatic carbocycles. The van der Waals surface area contributed by atoms with Gasteiger partial charge in [-0.1, -0.05) is 6.07 Å². The summed E-state index contributed by atoms with van der Waals surface area (Å²) in [5.74, 6) is -0.00217. The number of nitrogens with one attached hydrogen (secondary N) is 1. The number of hydrogen-bond acceptors (Lipinski definition) is 4. The molecule has 0 unspecified atom stereocenters. The van der Waals surface area contributed by atoms with Gasteiger partial charge < -0.3 is 10.1 Å². The van der Waals surface area contributed by atoms with E-state index in [0.717, 1.165) is 29.7 Å². The van der Waals surface area contributed by atoms with Crippen LogP contribution in [0.15, 0.2) is 36.5 Å². The fourth-order valence-corrected chi connectivity index (χ4v) is 3.02. The fraction of sp³-hybridized carbons (Fsp3) is 0.412. The van der Waals surface area contributed by atoms with Gasteiger partial charge in [0.1, 0.15) is 0 Å². The first-order valence-corrected chi connectivity index (χ1v) is 7.63. The minimum Gasteiger partial charge on any atom is -0.373 e. The van der Waals surface area contributed by atoms with Crippen LogP contribution in [0.1, 0.15) is 13.8 Å². The van der Waals surface area contributed by atoms with Gasteiger partial charge >= 0.3 is 0 Å². The molecular formula is C17H21N3O2. The van der Waals surface area contributed by atoms with E-state index in [1.807, 2.05) is 44.2 Å². The van der Waals surface area contributed by atoms with Crippen LogP contribution in [0.3, 0.4) is 0 Å². The van der Waals surface area contributed by atoms with Crippen molar-refractivity contribution in [3.63, 3.8) is 0 Å². The predicted octanol–water partition coefficient (Wildman–Crippen LogP) is 2.28. The van der Waals surface area contributed by atoms with Gasteiger partial charge in [-0.3, -0.25) is 14.7 Å². The number of carbonyl (C=O) groups is 1. The fourth-order valence-electron chi connectivity index (χ4n) is 3.02. The number of nitrogens with zero attached hydrogens (tertiary/aromatic N) is 2. The molecule has 1 aromatic heterocycles. The number of hydrogen-bond donors (Lipinski definition) is 1. The smallest absolute Gasteiger partial charge is 0.238 e. The van der Waals surface area contributed by atoms with E-state index in [0.29, 0.717) is 6.54 Å². The molecule has 1 aliphatic heterocycles. The van der Waals surface area contributed by atoms with Crippen LogP contribution in [0.5, 0.6) is 0 Å². The minimum absolute atomic E-state index is 0.00217. The Balaban J connectivity index is 1.68. The molecule has 1 aromatic carbocycles. The van der Waals surface area contributed by atoms with Crippen molar-refractivity contribution < 1.29 is 9.53 Å². The number of benzene rings is 1. The molecule has 1 saturated heterocycles. The van der Waals surface area contributed by atoms with Crippen molar-refractivity contribution in [2.24, 2.45) is 0 Å². The van der Waals surface area contributed by atoms with Crippen LogP contribution in [-0.4, -0.2) is 47.6 Å². The monoisotopic (exact) mass is 299 g/mol. The van der Waals surface area contributed by atoms with Gasteiger partial charge in [0.25, 0.3) is 0 Å². The lowest BCUT2D eigenvalue weighted by atomic mass is 10.2. The van der Waals surface area contributed by atoms with Gasteiger partial charge in [0.2, 0.25) is 5.91 Å². The molecule has 5 nitrogen and oxygen atoms in total. The predicted molar refractivity (Wildman–Crippen MR) is 86.8 cm³/mol. The van der Waals surface area contributed by atoms with Gasteiger partial charge in [0, 0.05) is 24.7 Å². The van der Waals surface area contributed by atoms with Gasteiger partial charge in [-0.25, -0.2) is 0 Å². The van der Waals surface area contributed by atoms with Crippen molar-refractivity contribution in [3.05, 3.63) is 36.5 Å². The number of anilines is 1. The van der Waals surface area contributed by atoms with E-state index in [-0.39, 0.29) is 18.1 Å². The summed E-state index contributed by atoms with van der Waals surface area (Å²) in [6.07, 6.45) is 2.08. The van der Waals surface area contributed by atoms with Crippen molar-refractivity contribution in [1.29, 1.82) is 0 Å². The van der Waals surface area contributed by atoms with E-state index < -0.39 is 0 Å². The number of ether oxygens (including phenoxy) is 1. The second kappa shape index (κ2) is 6.42. The van der Waals surface area contributed by atoms with Gasteiger partial charge in [-0.05, 0) is 38.1 Å². The zero-order valence-electron chi connectivity index (χ0n) is 13.0. The molecule has 2 aromatic rings. The maximum atomic E-state index is 12.3. The van der Waals surface area contributed by atoms with Crippen LogP contribution >= 0.6 is 0 Å². The highest BCUT2D eigenvalue weighted by Crippen LogP contribution is 2.21. The van der Waals surface area contributed by atoms with Crippen LogP contribution in [0, 0.1) is 0 Å². The van der Waals surface area contributed by atoms with E-state index in [1.54, 1.807) is 6.20 Å². The number of aromatic nitrogens is 1. The molecule has 0 spiro atoms. The maximum Gasteiger partial charge on any atom is 0.238 e. The number of carbonyl (C=O) groups excluding carboxylic acids is 1. The molecule has 5 heteroatoms. The summed E-state index contributed by atoms with van der Waals surface area (Å²) in [5, 5.41) is 3.96. The Morgan fingerprint density at radius 3 is 2.82 bits per heavy atom. The summed E-state index contributed by atoms with van der Waals surface area (Å²) in [4.78, 5) is 18.8. The van der Waals surface area contributed by atoms with Crippen LogP contribution < -0.4 is 5.32 Å². The molecule has 0 radical (unpaired) electrons. The Bertz CT molecular complexity index is 659. The Morgan fingerprint density at radius 1 is 1.27 bits per heavy atom.